The van der Waals surface area contributed by atoms with Crippen LogP contribution in [0.4, 0.5) is 0 Å². The summed E-state index contributed by atoms with van der Waals surface area (Å²) in [6.07, 6.45) is 8.34. The van der Waals surface area contributed by atoms with Crippen LogP contribution >= 0.6 is 0 Å². The zero-order valence-electron chi connectivity index (χ0n) is 12.5. The van der Waals surface area contributed by atoms with E-state index in [1.165, 1.54) is 51.6 Å². The Balaban J connectivity index is 1.86. The monoisotopic (exact) mass is 253 g/mol. The topological polar surface area (TPSA) is 18.5 Å². The molecule has 1 saturated carbocycles. The summed E-state index contributed by atoms with van der Waals surface area (Å²) in [5, 5.41) is 3.71. The summed E-state index contributed by atoms with van der Waals surface area (Å²) in [4.78, 5) is 5.17. The highest BCUT2D eigenvalue weighted by atomic mass is 15.2. The van der Waals surface area contributed by atoms with Crippen molar-refractivity contribution in [3.05, 3.63) is 0 Å². The van der Waals surface area contributed by atoms with Gasteiger partial charge in [0.25, 0.3) is 0 Å². The molecule has 2 fully saturated rings. The van der Waals surface area contributed by atoms with E-state index >= 15 is 0 Å². The Hall–Kier alpha value is -0.120. The maximum Gasteiger partial charge on any atom is 0.0249 e. The van der Waals surface area contributed by atoms with Gasteiger partial charge in [-0.2, -0.15) is 0 Å². The molecule has 0 amide bonds. The molecule has 2 aliphatic rings. The fourth-order valence-electron chi connectivity index (χ4n) is 3.78. The predicted octanol–water partition coefficient (Wildman–Crippen LogP) is 1.93. The van der Waals surface area contributed by atoms with Crippen molar-refractivity contribution in [1.82, 2.24) is 15.1 Å². The van der Waals surface area contributed by atoms with Crippen LogP contribution < -0.4 is 5.32 Å². The van der Waals surface area contributed by atoms with Gasteiger partial charge in [0, 0.05) is 18.1 Å². The van der Waals surface area contributed by atoms with Crippen molar-refractivity contribution < 1.29 is 0 Å². The molecule has 2 atom stereocenters. The summed E-state index contributed by atoms with van der Waals surface area (Å²) in [5.74, 6) is 0. The lowest BCUT2D eigenvalue weighted by atomic mass is 9.87. The van der Waals surface area contributed by atoms with E-state index in [1.807, 2.05) is 0 Å². The quantitative estimate of drug-likeness (QED) is 0.826. The van der Waals surface area contributed by atoms with Crippen LogP contribution in [0.2, 0.25) is 0 Å². The second kappa shape index (κ2) is 6.88. The van der Waals surface area contributed by atoms with Crippen LogP contribution in [-0.4, -0.2) is 61.7 Å². The first-order valence-electron chi connectivity index (χ1n) is 7.86. The summed E-state index contributed by atoms with van der Waals surface area (Å²) in [6, 6.07) is 2.36. The molecule has 1 N–H and O–H groups in total. The Kier molecular flexibility index (Phi) is 5.46. The van der Waals surface area contributed by atoms with E-state index in [9.17, 15) is 0 Å². The van der Waals surface area contributed by atoms with E-state index in [0.29, 0.717) is 0 Å². The average Bonchev–Trinajstić information content (AvgIpc) is 2.40. The number of rotatable bonds is 4. The SMILES string of the molecule is CCNC1CCCCC1N1CCC(N(C)C)CC1. The van der Waals surface area contributed by atoms with Crippen molar-refractivity contribution in [3.8, 4) is 0 Å². The molecule has 0 aromatic carbocycles. The molecule has 1 aliphatic heterocycles. The van der Waals surface area contributed by atoms with Crippen molar-refractivity contribution in [2.75, 3.05) is 33.7 Å². The van der Waals surface area contributed by atoms with Crippen molar-refractivity contribution in [2.24, 2.45) is 0 Å². The van der Waals surface area contributed by atoms with Gasteiger partial charge in [0.2, 0.25) is 0 Å². The van der Waals surface area contributed by atoms with Crippen LogP contribution in [-0.2, 0) is 0 Å². The minimum Gasteiger partial charge on any atom is -0.313 e. The van der Waals surface area contributed by atoms with Gasteiger partial charge in [0.1, 0.15) is 0 Å². The molecule has 106 valence electrons. The smallest absolute Gasteiger partial charge is 0.0249 e. The minimum atomic E-state index is 0.750. The molecule has 1 heterocycles. The molecule has 0 aromatic heterocycles. The normalized spacial score (nSPS) is 32.0. The molecule has 2 unspecified atom stereocenters. The van der Waals surface area contributed by atoms with Crippen LogP contribution in [0, 0.1) is 0 Å². The highest BCUT2D eigenvalue weighted by Crippen LogP contribution is 2.26. The number of likely N-dealkylation sites (N-methyl/N-ethyl adjacent to an activating group) is 1. The van der Waals surface area contributed by atoms with Crippen LogP contribution in [0.3, 0.4) is 0 Å². The van der Waals surface area contributed by atoms with Crippen LogP contribution in [0.5, 0.6) is 0 Å². The van der Waals surface area contributed by atoms with Crippen molar-refractivity contribution in [2.45, 2.75) is 63.6 Å². The molecule has 3 nitrogen and oxygen atoms in total. The summed E-state index contributed by atoms with van der Waals surface area (Å²) >= 11 is 0. The Morgan fingerprint density at radius 3 is 2.33 bits per heavy atom. The van der Waals surface area contributed by atoms with E-state index in [0.717, 1.165) is 24.7 Å². The van der Waals surface area contributed by atoms with Crippen molar-refractivity contribution in [3.63, 3.8) is 0 Å². The number of nitrogens with one attached hydrogen (secondary N) is 1. The average molecular weight is 253 g/mol. The minimum absolute atomic E-state index is 0.750. The number of likely N-dealkylation sites (tertiary alicyclic amines) is 1. The molecule has 2 rings (SSSR count). The third kappa shape index (κ3) is 3.46. The second-order valence-corrected chi connectivity index (χ2v) is 6.25. The third-order valence-electron chi connectivity index (χ3n) is 4.89. The molecular weight excluding hydrogens is 222 g/mol. The first kappa shape index (κ1) is 14.3. The predicted molar refractivity (Wildman–Crippen MR) is 78.0 cm³/mol. The van der Waals surface area contributed by atoms with Gasteiger partial charge in [-0.3, -0.25) is 4.90 Å². The van der Waals surface area contributed by atoms with Gasteiger partial charge >= 0.3 is 0 Å². The summed E-state index contributed by atoms with van der Waals surface area (Å²) in [7, 11) is 4.45. The van der Waals surface area contributed by atoms with E-state index < -0.39 is 0 Å². The molecule has 1 aliphatic carbocycles. The molecule has 0 spiro atoms. The number of nitrogens with zero attached hydrogens (tertiary/aromatic N) is 2. The van der Waals surface area contributed by atoms with Gasteiger partial charge in [-0.05, 0) is 59.4 Å². The highest BCUT2D eigenvalue weighted by molar-refractivity contribution is 4.90. The maximum atomic E-state index is 3.71. The van der Waals surface area contributed by atoms with Gasteiger partial charge < -0.3 is 10.2 Å². The first-order chi connectivity index (χ1) is 8.72. The molecule has 0 bridgehead atoms. The van der Waals surface area contributed by atoms with Gasteiger partial charge in [0.15, 0.2) is 0 Å². The Bertz CT molecular complexity index is 232. The standard InChI is InChI=1S/C15H31N3/c1-4-16-14-7-5-6-8-15(14)18-11-9-13(10-12-18)17(2)3/h13-16H,4-12H2,1-3H3. The van der Waals surface area contributed by atoms with E-state index in [-0.39, 0.29) is 0 Å². The molecule has 0 aromatic rings. The zero-order valence-corrected chi connectivity index (χ0v) is 12.5. The Morgan fingerprint density at radius 1 is 1.06 bits per heavy atom. The number of hydrogen-bond acceptors (Lipinski definition) is 3. The number of hydrogen-bond donors (Lipinski definition) is 1. The van der Waals surface area contributed by atoms with E-state index in [2.05, 4.69) is 36.1 Å². The molecule has 1 saturated heterocycles. The Labute approximate surface area is 113 Å². The van der Waals surface area contributed by atoms with Gasteiger partial charge in [0.05, 0.1) is 0 Å². The molecule has 0 radical (unpaired) electrons. The van der Waals surface area contributed by atoms with Crippen LogP contribution in [0.1, 0.15) is 45.4 Å². The van der Waals surface area contributed by atoms with Gasteiger partial charge in [-0.25, -0.2) is 0 Å². The molecule has 3 heteroatoms. The summed E-state index contributed by atoms with van der Waals surface area (Å²) in [5.41, 5.74) is 0. The fourth-order valence-corrected chi connectivity index (χ4v) is 3.78. The van der Waals surface area contributed by atoms with Gasteiger partial charge in [-0.15, -0.1) is 0 Å². The van der Waals surface area contributed by atoms with Crippen molar-refractivity contribution in [1.29, 1.82) is 0 Å². The lowest BCUT2D eigenvalue weighted by Gasteiger charge is -2.44. The van der Waals surface area contributed by atoms with Gasteiger partial charge in [-0.1, -0.05) is 19.8 Å². The zero-order chi connectivity index (χ0) is 13.0. The van der Waals surface area contributed by atoms with Crippen LogP contribution in [0.15, 0.2) is 0 Å². The highest BCUT2D eigenvalue weighted by Gasteiger charge is 2.32. The third-order valence-corrected chi connectivity index (χ3v) is 4.89. The second-order valence-electron chi connectivity index (χ2n) is 6.25. The first-order valence-corrected chi connectivity index (χ1v) is 7.86. The lowest BCUT2D eigenvalue weighted by Crippen LogP contribution is -2.55. The largest absolute Gasteiger partial charge is 0.313 e. The maximum absolute atomic E-state index is 3.71. The summed E-state index contributed by atoms with van der Waals surface area (Å²) < 4.78 is 0. The van der Waals surface area contributed by atoms with E-state index in [1.54, 1.807) is 0 Å². The van der Waals surface area contributed by atoms with Crippen molar-refractivity contribution >= 4 is 0 Å². The van der Waals surface area contributed by atoms with Crippen LogP contribution in [0.25, 0.3) is 0 Å². The lowest BCUT2D eigenvalue weighted by molar-refractivity contribution is 0.0710. The molecular formula is C15H31N3. The fraction of sp³-hybridized carbons (Fsp3) is 1.00. The van der Waals surface area contributed by atoms with E-state index in [4.69, 9.17) is 0 Å². The Morgan fingerprint density at radius 2 is 1.72 bits per heavy atom. The summed E-state index contributed by atoms with van der Waals surface area (Å²) in [6.45, 7) is 5.96. The number of piperidine rings is 1. The molecule has 18 heavy (non-hydrogen) atoms.